The summed E-state index contributed by atoms with van der Waals surface area (Å²) in [7, 11) is 0. The van der Waals surface area contributed by atoms with Crippen LogP contribution in [0.3, 0.4) is 0 Å². The maximum absolute atomic E-state index is 12.8. The minimum atomic E-state index is -1.25. The molecule has 0 spiro atoms. The van der Waals surface area contributed by atoms with Crippen LogP contribution in [0, 0.1) is 17.0 Å². The Morgan fingerprint density at radius 3 is 2.32 bits per heavy atom. The lowest BCUT2D eigenvalue weighted by molar-refractivity contribution is -0.384. The zero-order valence-corrected chi connectivity index (χ0v) is 15.3. The molecule has 0 radical (unpaired) electrons. The van der Waals surface area contributed by atoms with Gasteiger partial charge in [0, 0.05) is 17.8 Å². The van der Waals surface area contributed by atoms with E-state index in [9.17, 15) is 24.5 Å². The van der Waals surface area contributed by atoms with Crippen LogP contribution in [0.1, 0.15) is 18.1 Å². The molecule has 4 amide bonds. The molecule has 0 aliphatic carbocycles. The highest BCUT2D eigenvalue weighted by molar-refractivity contribution is 6.10. The number of anilines is 1. The minimum Gasteiger partial charge on any atom is -0.325 e. The fraction of sp³-hybridized carbons (Fsp3) is 0.211. The van der Waals surface area contributed by atoms with Crippen molar-refractivity contribution in [1.82, 2.24) is 10.2 Å². The van der Waals surface area contributed by atoms with Crippen molar-refractivity contribution in [2.45, 2.75) is 19.4 Å². The second kappa shape index (κ2) is 7.10. The van der Waals surface area contributed by atoms with Crippen LogP contribution in [0.4, 0.5) is 16.2 Å². The van der Waals surface area contributed by atoms with Gasteiger partial charge in [-0.2, -0.15) is 0 Å². The Morgan fingerprint density at radius 1 is 1.14 bits per heavy atom. The number of aryl methyl sites for hydroxylation is 1. The molecule has 3 rings (SSSR count). The number of nitrogens with one attached hydrogen (secondary N) is 2. The van der Waals surface area contributed by atoms with E-state index >= 15 is 0 Å². The van der Waals surface area contributed by atoms with Gasteiger partial charge in [0.25, 0.3) is 11.6 Å². The summed E-state index contributed by atoms with van der Waals surface area (Å²) in [4.78, 5) is 48.3. The number of carbonyl (C=O) groups is 3. The number of carbonyl (C=O) groups excluding carboxylic acids is 3. The molecule has 28 heavy (non-hydrogen) atoms. The first kappa shape index (κ1) is 19.0. The fourth-order valence-corrected chi connectivity index (χ4v) is 2.93. The molecule has 0 aromatic heterocycles. The Kier molecular flexibility index (Phi) is 4.83. The van der Waals surface area contributed by atoms with Crippen molar-refractivity contribution in [3.8, 4) is 0 Å². The number of benzene rings is 2. The van der Waals surface area contributed by atoms with Gasteiger partial charge < -0.3 is 10.6 Å². The first-order valence-corrected chi connectivity index (χ1v) is 8.46. The monoisotopic (exact) mass is 382 g/mol. The van der Waals surface area contributed by atoms with Gasteiger partial charge in [-0.1, -0.05) is 29.8 Å². The van der Waals surface area contributed by atoms with Crippen molar-refractivity contribution >= 4 is 29.2 Å². The lowest BCUT2D eigenvalue weighted by Crippen LogP contribution is -2.42. The lowest BCUT2D eigenvalue weighted by atomic mass is 9.91. The molecule has 1 unspecified atom stereocenters. The average molecular weight is 382 g/mol. The van der Waals surface area contributed by atoms with E-state index in [0.29, 0.717) is 11.3 Å². The summed E-state index contributed by atoms with van der Waals surface area (Å²) in [5, 5.41) is 15.8. The van der Waals surface area contributed by atoms with E-state index < -0.39 is 34.9 Å². The number of urea groups is 1. The van der Waals surface area contributed by atoms with E-state index in [1.807, 2.05) is 19.1 Å². The molecule has 1 atom stereocenters. The maximum atomic E-state index is 12.8. The Balaban J connectivity index is 1.70. The summed E-state index contributed by atoms with van der Waals surface area (Å²) in [6, 6.07) is 11.8. The number of non-ortho nitro benzene ring substituents is 1. The third kappa shape index (κ3) is 3.54. The number of rotatable bonds is 5. The van der Waals surface area contributed by atoms with Gasteiger partial charge >= 0.3 is 6.03 Å². The zero-order valence-electron chi connectivity index (χ0n) is 15.3. The first-order valence-electron chi connectivity index (χ1n) is 8.46. The Bertz CT molecular complexity index is 955. The normalized spacial score (nSPS) is 18.7. The summed E-state index contributed by atoms with van der Waals surface area (Å²) >= 11 is 0. The standard InChI is InChI=1S/C19H18N4O5/c1-12-3-5-13(6-4-12)19(2)17(25)22(18(26)21-19)11-16(24)20-14-7-9-15(10-8-14)23(27)28/h3-10H,11H2,1-2H3,(H,20,24)(H,21,26). The first-order chi connectivity index (χ1) is 13.2. The van der Waals surface area contributed by atoms with Crippen molar-refractivity contribution in [2.24, 2.45) is 0 Å². The van der Waals surface area contributed by atoms with Crippen LogP contribution in [0.5, 0.6) is 0 Å². The van der Waals surface area contributed by atoms with Crippen LogP contribution < -0.4 is 10.6 Å². The molecule has 1 heterocycles. The summed E-state index contributed by atoms with van der Waals surface area (Å²) in [6.07, 6.45) is 0. The van der Waals surface area contributed by atoms with E-state index in [1.54, 1.807) is 19.1 Å². The van der Waals surface area contributed by atoms with Gasteiger partial charge in [0.05, 0.1) is 4.92 Å². The van der Waals surface area contributed by atoms with Crippen LogP contribution in [-0.2, 0) is 15.1 Å². The molecular formula is C19H18N4O5. The molecule has 1 aliphatic heterocycles. The number of nitro groups is 1. The topological polar surface area (TPSA) is 122 Å². The third-order valence-corrected chi connectivity index (χ3v) is 4.57. The Morgan fingerprint density at radius 2 is 1.75 bits per heavy atom. The van der Waals surface area contributed by atoms with E-state index in [1.165, 1.54) is 24.3 Å². The molecule has 9 heteroatoms. The number of imide groups is 1. The highest BCUT2D eigenvalue weighted by atomic mass is 16.6. The predicted octanol–water partition coefficient (Wildman–Crippen LogP) is 2.31. The van der Waals surface area contributed by atoms with E-state index in [0.717, 1.165) is 10.5 Å². The van der Waals surface area contributed by atoms with Gasteiger partial charge in [0.1, 0.15) is 12.1 Å². The number of nitro benzene ring substituents is 1. The second-order valence-electron chi connectivity index (χ2n) is 6.66. The molecule has 144 valence electrons. The largest absolute Gasteiger partial charge is 0.325 e. The van der Waals surface area contributed by atoms with Crippen LogP contribution in [0.15, 0.2) is 48.5 Å². The lowest BCUT2D eigenvalue weighted by Gasteiger charge is -2.22. The number of hydrogen-bond acceptors (Lipinski definition) is 5. The van der Waals surface area contributed by atoms with Crippen molar-refractivity contribution in [3.63, 3.8) is 0 Å². The van der Waals surface area contributed by atoms with Crippen molar-refractivity contribution < 1.29 is 19.3 Å². The summed E-state index contributed by atoms with van der Waals surface area (Å²) in [5.74, 6) is -1.12. The number of nitrogens with zero attached hydrogens (tertiary/aromatic N) is 2. The van der Waals surface area contributed by atoms with Gasteiger partial charge in [0.2, 0.25) is 5.91 Å². The molecule has 9 nitrogen and oxygen atoms in total. The molecule has 0 saturated carbocycles. The van der Waals surface area contributed by atoms with E-state index in [4.69, 9.17) is 0 Å². The van der Waals surface area contributed by atoms with Crippen molar-refractivity contribution in [1.29, 1.82) is 0 Å². The third-order valence-electron chi connectivity index (χ3n) is 4.57. The van der Waals surface area contributed by atoms with Gasteiger partial charge in [0.15, 0.2) is 0 Å². The quantitative estimate of drug-likeness (QED) is 0.467. The highest BCUT2D eigenvalue weighted by Crippen LogP contribution is 2.29. The van der Waals surface area contributed by atoms with E-state index in [-0.39, 0.29) is 5.69 Å². The van der Waals surface area contributed by atoms with Crippen LogP contribution >= 0.6 is 0 Å². The minimum absolute atomic E-state index is 0.110. The second-order valence-corrected chi connectivity index (χ2v) is 6.66. The predicted molar refractivity (Wildman–Crippen MR) is 101 cm³/mol. The zero-order chi connectivity index (χ0) is 20.5. The van der Waals surface area contributed by atoms with Gasteiger partial charge in [-0.25, -0.2) is 4.79 Å². The van der Waals surface area contributed by atoms with Crippen LogP contribution in [0.25, 0.3) is 0 Å². The van der Waals surface area contributed by atoms with Gasteiger partial charge in [-0.15, -0.1) is 0 Å². The molecule has 2 aromatic rings. The molecule has 1 saturated heterocycles. The number of amides is 4. The molecule has 2 N–H and O–H groups in total. The van der Waals surface area contributed by atoms with Crippen LogP contribution in [0.2, 0.25) is 0 Å². The summed E-state index contributed by atoms with van der Waals surface area (Å²) in [6.45, 7) is 3.03. The maximum Gasteiger partial charge on any atom is 0.325 e. The average Bonchev–Trinajstić information content (AvgIpc) is 2.86. The van der Waals surface area contributed by atoms with Gasteiger partial charge in [-0.3, -0.25) is 24.6 Å². The van der Waals surface area contributed by atoms with Crippen molar-refractivity contribution in [2.75, 3.05) is 11.9 Å². The van der Waals surface area contributed by atoms with Crippen molar-refractivity contribution in [3.05, 3.63) is 69.8 Å². The molecular weight excluding hydrogens is 364 g/mol. The van der Waals surface area contributed by atoms with Crippen LogP contribution in [-0.4, -0.2) is 34.2 Å². The molecule has 2 aromatic carbocycles. The Labute approximate surface area is 160 Å². The summed E-state index contributed by atoms with van der Waals surface area (Å²) in [5.41, 5.74) is 0.599. The van der Waals surface area contributed by atoms with E-state index in [2.05, 4.69) is 10.6 Å². The number of hydrogen-bond donors (Lipinski definition) is 2. The summed E-state index contributed by atoms with van der Waals surface area (Å²) < 4.78 is 0. The Hall–Kier alpha value is -3.75. The molecule has 1 aliphatic rings. The highest BCUT2D eigenvalue weighted by Gasteiger charge is 2.49. The smallest absolute Gasteiger partial charge is 0.325 e. The molecule has 1 fully saturated rings. The molecule has 0 bridgehead atoms. The fourth-order valence-electron chi connectivity index (χ4n) is 2.93. The van der Waals surface area contributed by atoms with Gasteiger partial charge in [-0.05, 0) is 31.5 Å². The SMILES string of the molecule is Cc1ccc(C2(C)NC(=O)N(CC(=O)Nc3ccc([N+](=O)[O-])cc3)C2=O)cc1.